The zero-order valence-corrected chi connectivity index (χ0v) is 12.7. The SMILES string of the molecule is C=CCCC[SiH](Oc1ccccc1)Oc1ccccc1. The molecule has 0 fully saturated rings. The van der Waals surface area contributed by atoms with Crippen molar-refractivity contribution in [2.45, 2.75) is 18.9 Å². The summed E-state index contributed by atoms with van der Waals surface area (Å²) in [5.41, 5.74) is 0. The number of hydrogen-bond acceptors (Lipinski definition) is 2. The van der Waals surface area contributed by atoms with Gasteiger partial charge in [-0.1, -0.05) is 42.5 Å². The van der Waals surface area contributed by atoms with Crippen molar-refractivity contribution in [2.75, 3.05) is 0 Å². The van der Waals surface area contributed by atoms with Gasteiger partial charge in [0, 0.05) is 6.04 Å². The van der Waals surface area contributed by atoms with E-state index in [1.165, 1.54) is 0 Å². The average molecular weight is 284 g/mol. The highest BCUT2D eigenvalue weighted by Gasteiger charge is 2.16. The van der Waals surface area contributed by atoms with Gasteiger partial charge in [-0.3, -0.25) is 0 Å². The number of unbranched alkanes of at least 4 members (excludes halogenated alkanes) is 1. The van der Waals surface area contributed by atoms with E-state index in [0.29, 0.717) is 0 Å². The summed E-state index contributed by atoms with van der Waals surface area (Å²) in [5.74, 6) is 1.78. The summed E-state index contributed by atoms with van der Waals surface area (Å²) in [6.07, 6.45) is 4.00. The third-order valence-corrected chi connectivity index (χ3v) is 4.82. The number of hydrogen-bond donors (Lipinski definition) is 0. The molecule has 0 saturated heterocycles. The molecule has 0 radical (unpaired) electrons. The largest absolute Gasteiger partial charge is 0.514 e. The molecule has 2 aromatic carbocycles. The first-order valence-corrected chi connectivity index (χ1v) is 8.69. The Labute approximate surface area is 122 Å². The monoisotopic (exact) mass is 284 g/mol. The van der Waals surface area contributed by atoms with Crippen molar-refractivity contribution in [1.82, 2.24) is 0 Å². The van der Waals surface area contributed by atoms with Crippen molar-refractivity contribution >= 4 is 9.28 Å². The van der Waals surface area contributed by atoms with E-state index in [-0.39, 0.29) is 0 Å². The van der Waals surface area contributed by atoms with Gasteiger partial charge >= 0.3 is 9.28 Å². The van der Waals surface area contributed by atoms with E-state index in [2.05, 4.69) is 6.58 Å². The summed E-state index contributed by atoms with van der Waals surface area (Å²) in [6, 6.07) is 20.8. The average Bonchev–Trinajstić information content (AvgIpc) is 2.49. The molecule has 3 heteroatoms. The molecule has 0 spiro atoms. The lowest BCUT2D eigenvalue weighted by molar-refractivity contribution is 0.419. The Hall–Kier alpha value is -2.00. The molecule has 0 bridgehead atoms. The van der Waals surface area contributed by atoms with Crippen LogP contribution in [-0.4, -0.2) is 9.28 Å². The van der Waals surface area contributed by atoms with Crippen LogP contribution in [0.1, 0.15) is 12.8 Å². The molecule has 0 atom stereocenters. The minimum Gasteiger partial charge on any atom is -0.514 e. The van der Waals surface area contributed by atoms with Gasteiger partial charge in [-0.2, -0.15) is 0 Å². The Bertz CT molecular complexity index is 457. The molecule has 0 aliphatic carbocycles. The maximum atomic E-state index is 6.05. The first-order chi connectivity index (χ1) is 9.88. The summed E-state index contributed by atoms with van der Waals surface area (Å²) in [7, 11) is -1.77. The third kappa shape index (κ3) is 4.94. The lowest BCUT2D eigenvalue weighted by Crippen LogP contribution is -2.29. The quantitative estimate of drug-likeness (QED) is 0.408. The molecule has 2 nitrogen and oxygen atoms in total. The number of rotatable bonds is 8. The second kappa shape index (κ2) is 8.22. The molecule has 0 aliphatic rings. The highest BCUT2D eigenvalue weighted by molar-refractivity contribution is 6.46. The minimum atomic E-state index is -1.77. The van der Waals surface area contributed by atoms with Crippen molar-refractivity contribution < 1.29 is 8.85 Å². The first kappa shape index (κ1) is 14.4. The second-order valence-electron chi connectivity index (χ2n) is 4.51. The van der Waals surface area contributed by atoms with Gasteiger partial charge in [-0.25, -0.2) is 0 Å². The lowest BCUT2D eigenvalue weighted by atomic mass is 10.3. The van der Waals surface area contributed by atoms with E-state index in [4.69, 9.17) is 8.85 Å². The fourth-order valence-corrected chi connectivity index (χ4v) is 3.65. The maximum Gasteiger partial charge on any atom is 0.444 e. The van der Waals surface area contributed by atoms with E-state index in [1.807, 2.05) is 66.7 Å². The van der Waals surface area contributed by atoms with Crippen molar-refractivity contribution in [1.29, 1.82) is 0 Å². The van der Waals surface area contributed by atoms with Crippen molar-refractivity contribution in [2.24, 2.45) is 0 Å². The van der Waals surface area contributed by atoms with Crippen LogP contribution < -0.4 is 8.85 Å². The van der Waals surface area contributed by atoms with Gasteiger partial charge in [0.1, 0.15) is 11.5 Å². The van der Waals surface area contributed by atoms with Crippen LogP contribution in [0.4, 0.5) is 0 Å². The number of para-hydroxylation sites is 2. The van der Waals surface area contributed by atoms with Crippen LogP contribution >= 0.6 is 0 Å². The summed E-state index contributed by atoms with van der Waals surface area (Å²) in [6.45, 7) is 3.76. The summed E-state index contributed by atoms with van der Waals surface area (Å²) >= 11 is 0. The molecular weight excluding hydrogens is 264 g/mol. The summed E-state index contributed by atoms with van der Waals surface area (Å²) in [5, 5.41) is 0. The minimum absolute atomic E-state index is 0.888. The van der Waals surface area contributed by atoms with Gasteiger partial charge in [0.2, 0.25) is 0 Å². The predicted molar refractivity (Wildman–Crippen MR) is 85.5 cm³/mol. The van der Waals surface area contributed by atoms with Crippen molar-refractivity contribution in [3.05, 3.63) is 73.3 Å². The molecule has 0 unspecified atom stereocenters. The molecule has 0 heterocycles. The topological polar surface area (TPSA) is 18.5 Å². The first-order valence-electron chi connectivity index (χ1n) is 6.93. The van der Waals surface area contributed by atoms with Crippen molar-refractivity contribution in [3.8, 4) is 11.5 Å². The van der Waals surface area contributed by atoms with Crippen LogP contribution in [0.25, 0.3) is 0 Å². The van der Waals surface area contributed by atoms with Gasteiger partial charge < -0.3 is 8.85 Å². The summed E-state index contributed by atoms with van der Waals surface area (Å²) in [4.78, 5) is 0. The third-order valence-electron chi connectivity index (χ3n) is 2.87. The standard InChI is InChI=1S/C17H20O2Si/c1-2-3-10-15-20(18-16-11-6-4-7-12-16)19-17-13-8-5-9-14-17/h2,4-9,11-14,20H,1,3,10,15H2. The fraction of sp³-hybridized carbons (Fsp3) is 0.176. The van der Waals surface area contributed by atoms with E-state index in [1.54, 1.807) is 0 Å². The Morgan fingerprint density at radius 3 is 1.80 bits per heavy atom. The molecule has 104 valence electrons. The Morgan fingerprint density at radius 2 is 1.35 bits per heavy atom. The fourth-order valence-electron chi connectivity index (χ4n) is 1.87. The van der Waals surface area contributed by atoms with Crippen LogP contribution in [0.5, 0.6) is 11.5 Å². The van der Waals surface area contributed by atoms with E-state index in [9.17, 15) is 0 Å². The van der Waals surface area contributed by atoms with Crippen LogP contribution in [0.2, 0.25) is 6.04 Å². The molecule has 0 aliphatic heterocycles. The van der Waals surface area contributed by atoms with Crippen molar-refractivity contribution in [3.63, 3.8) is 0 Å². The van der Waals surface area contributed by atoms with E-state index >= 15 is 0 Å². The smallest absolute Gasteiger partial charge is 0.444 e. The highest BCUT2D eigenvalue weighted by atomic mass is 28.3. The van der Waals surface area contributed by atoms with Gasteiger partial charge in [0.25, 0.3) is 0 Å². The van der Waals surface area contributed by atoms with Crippen LogP contribution in [0, 0.1) is 0 Å². The molecular formula is C17H20O2Si. The Kier molecular flexibility index (Phi) is 5.92. The second-order valence-corrected chi connectivity index (χ2v) is 6.42. The molecule has 0 aromatic heterocycles. The molecule has 0 N–H and O–H groups in total. The zero-order valence-electron chi connectivity index (χ0n) is 11.6. The molecule has 2 aromatic rings. The zero-order chi connectivity index (χ0) is 14.0. The normalized spacial score (nSPS) is 10.2. The molecule has 0 saturated carbocycles. The van der Waals surface area contributed by atoms with Gasteiger partial charge in [-0.05, 0) is 37.1 Å². The lowest BCUT2D eigenvalue weighted by Gasteiger charge is -2.18. The molecule has 20 heavy (non-hydrogen) atoms. The van der Waals surface area contributed by atoms with Crippen LogP contribution in [-0.2, 0) is 0 Å². The van der Waals surface area contributed by atoms with Crippen LogP contribution in [0.15, 0.2) is 73.3 Å². The maximum absolute atomic E-state index is 6.05. The predicted octanol–water partition coefficient (Wildman–Crippen LogP) is 4.33. The van der Waals surface area contributed by atoms with E-state index in [0.717, 1.165) is 30.4 Å². The highest BCUT2D eigenvalue weighted by Crippen LogP contribution is 2.17. The van der Waals surface area contributed by atoms with Gasteiger partial charge in [0.05, 0.1) is 0 Å². The molecule has 0 amide bonds. The van der Waals surface area contributed by atoms with Gasteiger partial charge in [-0.15, -0.1) is 6.58 Å². The number of benzene rings is 2. The Balaban J connectivity index is 1.98. The molecule has 2 rings (SSSR count). The number of allylic oxidation sites excluding steroid dienone is 1. The Morgan fingerprint density at radius 1 is 0.850 bits per heavy atom. The van der Waals surface area contributed by atoms with E-state index < -0.39 is 9.28 Å². The van der Waals surface area contributed by atoms with Gasteiger partial charge in [0.15, 0.2) is 0 Å². The van der Waals surface area contributed by atoms with Crippen LogP contribution in [0.3, 0.4) is 0 Å². The summed E-state index contributed by atoms with van der Waals surface area (Å²) < 4.78 is 12.1.